The number of rotatable bonds is 7. The molecule has 1 N–H and O–H groups in total. The second-order valence-corrected chi connectivity index (χ2v) is 5.81. The lowest BCUT2D eigenvalue weighted by Crippen LogP contribution is -2.27. The number of carboxylic acid groups (broad SMARTS) is 1. The van der Waals surface area contributed by atoms with Crippen LogP contribution in [0.3, 0.4) is 0 Å². The Hall–Kier alpha value is -1.98. The van der Waals surface area contributed by atoms with E-state index in [0.717, 1.165) is 12.8 Å². The van der Waals surface area contributed by atoms with Gasteiger partial charge in [0.05, 0.1) is 12.8 Å². The minimum Gasteiger partial charge on any atom is -0.481 e. The Labute approximate surface area is 122 Å². The minimum atomic E-state index is -1.11. The van der Waals surface area contributed by atoms with Crippen molar-refractivity contribution in [1.29, 1.82) is 0 Å². The molecule has 3 rings (SSSR count). The molecule has 114 valence electrons. The summed E-state index contributed by atoms with van der Waals surface area (Å²) in [4.78, 5) is 45.8. The molecule has 2 atom stereocenters. The summed E-state index contributed by atoms with van der Waals surface area (Å²) in [5.74, 6) is -2.90. The van der Waals surface area contributed by atoms with Crippen LogP contribution in [0.5, 0.6) is 0 Å². The van der Waals surface area contributed by atoms with E-state index in [1.807, 2.05) is 0 Å². The summed E-state index contributed by atoms with van der Waals surface area (Å²) in [5, 5.41) is 8.48. The quantitative estimate of drug-likeness (QED) is 0.432. The van der Waals surface area contributed by atoms with E-state index in [1.54, 1.807) is 0 Å². The van der Waals surface area contributed by atoms with Crippen LogP contribution in [-0.2, 0) is 23.9 Å². The first-order valence-corrected chi connectivity index (χ1v) is 6.97. The van der Waals surface area contributed by atoms with Crippen molar-refractivity contribution in [3.8, 4) is 0 Å². The maximum absolute atomic E-state index is 12.3. The summed E-state index contributed by atoms with van der Waals surface area (Å²) in [6, 6.07) is 0. The Balaban J connectivity index is 1.94. The summed E-state index contributed by atoms with van der Waals surface area (Å²) in [5.41, 5.74) is 0. The molecule has 0 aromatic carbocycles. The Morgan fingerprint density at radius 2 is 1.67 bits per heavy atom. The minimum absolute atomic E-state index is 0.0108. The number of hydrogen-bond acceptors (Lipinski definition) is 5. The number of carbonyl (C=O) groups is 4. The molecule has 0 radical (unpaired) electrons. The highest BCUT2D eigenvalue weighted by Crippen LogP contribution is 2.57. The molecule has 6 heteroatoms. The highest BCUT2D eigenvalue weighted by Gasteiger charge is 2.57. The van der Waals surface area contributed by atoms with E-state index in [2.05, 4.69) is 6.58 Å². The maximum atomic E-state index is 12.3. The number of hydrogen-bond donors (Lipinski definition) is 1. The van der Waals surface area contributed by atoms with Gasteiger partial charge in [0.15, 0.2) is 5.76 Å². The molecule has 3 aliphatic carbocycles. The van der Waals surface area contributed by atoms with Crippen molar-refractivity contribution in [2.45, 2.75) is 32.6 Å². The number of ether oxygens (including phenoxy) is 1. The van der Waals surface area contributed by atoms with E-state index in [9.17, 15) is 19.2 Å². The van der Waals surface area contributed by atoms with Crippen LogP contribution in [0.15, 0.2) is 12.3 Å². The van der Waals surface area contributed by atoms with Gasteiger partial charge in [0.1, 0.15) is 5.78 Å². The number of carboxylic acids is 1. The lowest BCUT2D eigenvalue weighted by atomic mass is 9.81. The highest BCUT2D eigenvalue weighted by molar-refractivity contribution is 6.00. The Kier molecular flexibility index (Phi) is 4.25. The second kappa shape index (κ2) is 5.79. The van der Waals surface area contributed by atoms with Gasteiger partial charge in [0.25, 0.3) is 0 Å². The molecule has 6 nitrogen and oxygen atoms in total. The fourth-order valence-corrected chi connectivity index (χ4v) is 3.48. The zero-order valence-electron chi connectivity index (χ0n) is 11.8. The summed E-state index contributed by atoms with van der Waals surface area (Å²) < 4.78 is 4.81. The van der Waals surface area contributed by atoms with Crippen molar-refractivity contribution >= 4 is 23.5 Å². The van der Waals surface area contributed by atoms with Crippen molar-refractivity contribution in [2.24, 2.45) is 23.7 Å². The maximum Gasteiger partial charge on any atom is 0.311 e. The molecular formula is C15H18O6. The average Bonchev–Trinajstić information content (AvgIpc) is 2.89. The molecule has 0 aromatic rings. The van der Waals surface area contributed by atoms with E-state index in [-0.39, 0.29) is 42.1 Å². The first kappa shape index (κ1) is 15.4. The summed E-state index contributed by atoms with van der Waals surface area (Å²) in [6.45, 7) is 4.94. The third kappa shape index (κ3) is 3.04. The smallest absolute Gasteiger partial charge is 0.311 e. The van der Waals surface area contributed by atoms with E-state index in [4.69, 9.17) is 9.84 Å². The Bertz CT molecular complexity index is 514. The van der Waals surface area contributed by atoms with Gasteiger partial charge in [-0.1, -0.05) is 6.58 Å². The first-order valence-electron chi connectivity index (χ1n) is 6.97. The van der Waals surface area contributed by atoms with Gasteiger partial charge in [-0.3, -0.25) is 19.2 Å². The van der Waals surface area contributed by atoms with Crippen molar-refractivity contribution in [3.05, 3.63) is 12.3 Å². The summed E-state index contributed by atoms with van der Waals surface area (Å²) >= 11 is 0. The third-order valence-electron chi connectivity index (χ3n) is 4.44. The van der Waals surface area contributed by atoms with Crippen LogP contribution in [0, 0.1) is 23.7 Å². The molecule has 3 fully saturated rings. The van der Waals surface area contributed by atoms with Gasteiger partial charge in [-0.25, -0.2) is 0 Å². The van der Waals surface area contributed by atoms with E-state index in [1.165, 1.54) is 6.92 Å². The van der Waals surface area contributed by atoms with Gasteiger partial charge in [0, 0.05) is 11.8 Å². The van der Waals surface area contributed by atoms with Crippen LogP contribution in [-0.4, -0.2) is 28.6 Å². The zero-order chi connectivity index (χ0) is 15.7. The molecule has 0 saturated heterocycles. The topological polar surface area (TPSA) is 97.7 Å². The normalized spacial score (nSPS) is 29.4. The largest absolute Gasteiger partial charge is 0.481 e. The molecule has 21 heavy (non-hydrogen) atoms. The molecule has 0 spiro atoms. The van der Waals surface area contributed by atoms with Crippen LogP contribution in [0.4, 0.5) is 0 Å². The third-order valence-corrected chi connectivity index (χ3v) is 4.44. The van der Waals surface area contributed by atoms with Crippen molar-refractivity contribution in [1.82, 2.24) is 0 Å². The van der Waals surface area contributed by atoms with Crippen molar-refractivity contribution in [2.75, 3.05) is 0 Å². The monoisotopic (exact) mass is 294 g/mol. The average molecular weight is 294 g/mol. The van der Waals surface area contributed by atoms with Crippen LogP contribution in [0.1, 0.15) is 32.6 Å². The van der Waals surface area contributed by atoms with E-state index in [0.29, 0.717) is 0 Å². The number of carbonyl (C=O) groups excluding carboxylic acids is 3. The Morgan fingerprint density at radius 3 is 2.19 bits per heavy atom. The fourth-order valence-electron chi connectivity index (χ4n) is 3.48. The molecule has 0 aliphatic heterocycles. The molecule has 0 heterocycles. The number of esters is 1. The Morgan fingerprint density at radius 1 is 1.10 bits per heavy atom. The zero-order valence-corrected chi connectivity index (χ0v) is 11.8. The molecule has 0 aromatic heterocycles. The molecule has 3 aliphatic rings. The predicted octanol–water partition coefficient (Wildman–Crippen LogP) is 1.34. The SMILES string of the molecule is C=C(OC(=O)CCC(=O)O)C(=O)C1C2CC(C2)C1C(C)=O. The van der Waals surface area contributed by atoms with Crippen LogP contribution < -0.4 is 0 Å². The van der Waals surface area contributed by atoms with Gasteiger partial charge in [-0.05, 0) is 31.6 Å². The molecule has 3 saturated carbocycles. The first-order chi connectivity index (χ1) is 9.81. The molecule has 2 bridgehead atoms. The van der Waals surface area contributed by atoms with Crippen LogP contribution in [0.2, 0.25) is 0 Å². The second-order valence-electron chi connectivity index (χ2n) is 5.81. The number of aliphatic carboxylic acids is 1. The van der Waals surface area contributed by atoms with Gasteiger partial charge in [-0.15, -0.1) is 0 Å². The fraction of sp³-hybridized carbons (Fsp3) is 0.600. The van der Waals surface area contributed by atoms with E-state index < -0.39 is 23.6 Å². The standard InChI is InChI=1S/C15H18O6/c1-7(16)13-9-5-10(6-9)14(13)15(20)8(2)21-12(19)4-3-11(17)18/h9-10,13-14H,2-6H2,1H3,(H,17,18). The number of allylic oxidation sites excluding steroid dienone is 1. The number of ketones is 2. The summed E-state index contributed by atoms with van der Waals surface area (Å²) in [7, 11) is 0. The highest BCUT2D eigenvalue weighted by atomic mass is 16.5. The lowest BCUT2D eigenvalue weighted by Gasteiger charge is -2.24. The van der Waals surface area contributed by atoms with Gasteiger partial charge >= 0.3 is 11.9 Å². The number of fused-ring (bicyclic) bond motifs is 1. The van der Waals surface area contributed by atoms with Crippen molar-refractivity contribution < 1.29 is 29.0 Å². The number of Topliss-reactive ketones (excluding diaryl/α,β-unsaturated/α-hetero) is 2. The lowest BCUT2D eigenvalue weighted by molar-refractivity contribution is -0.147. The van der Waals surface area contributed by atoms with Crippen LogP contribution >= 0.6 is 0 Å². The van der Waals surface area contributed by atoms with E-state index >= 15 is 0 Å². The van der Waals surface area contributed by atoms with Gasteiger partial charge in [0.2, 0.25) is 5.78 Å². The van der Waals surface area contributed by atoms with Gasteiger partial charge < -0.3 is 9.84 Å². The molecular weight excluding hydrogens is 276 g/mol. The molecule has 2 unspecified atom stereocenters. The van der Waals surface area contributed by atoms with Crippen molar-refractivity contribution in [3.63, 3.8) is 0 Å². The summed E-state index contributed by atoms with van der Waals surface area (Å²) in [6.07, 6.45) is 1.06. The van der Waals surface area contributed by atoms with Gasteiger partial charge in [-0.2, -0.15) is 0 Å². The molecule has 0 amide bonds. The predicted molar refractivity (Wildman–Crippen MR) is 71.0 cm³/mol. The van der Waals surface area contributed by atoms with Crippen LogP contribution in [0.25, 0.3) is 0 Å².